The molecule has 4 aromatic rings. The average molecular weight is 1430 g/mol. The van der Waals surface area contributed by atoms with E-state index in [2.05, 4.69) is 52.5 Å². The topological polar surface area (TPSA) is 373 Å². The molecule has 2 heterocycles. The zero-order valence-electron chi connectivity index (χ0n) is 53.9. The van der Waals surface area contributed by atoms with Crippen molar-refractivity contribution >= 4 is 106 Å². The third-order valence-electron chi connectivity index (χ3n) is 13.5. The van der Waals surface area contributed by atoms with Crippen LogP contribution >= 0.6 is 46.4 Å². The number of carbonyl (C=O) groups excluding carboxylic acids is 6. The first-order valence-electron chi connectivity index (χ1n) is 31.4. The highest BCUT2D eigenvalue weighted by atomic mass is 35.5. The van der Waals surface area contributed by atoms with Crippen molar-refractivity contribution in [3.05, 3.63) is 115 Å². The molecule has 0 aliphatic heterocycles. The molecule has 4 atom stereocenters. The van der Waals surface area contributed by atoms with Gasteiger partial charge in [0.25, 0.3) is 0 Å². The number of unbranched alkanes of at least 4 members (excludes halogenated alkanes) is 3. The first-order chi connectivity index (χ1) is 46.2. The van der Waals surface area contributed by atoms with E-state index in [0.717, 1.165) is 22.8 Å². The van der Waals surface area contributed by atoms with E-state index < -0.39 is 84.8 Å². The lowest BCUT2D eigenvalue weighted by Crippen LogP contribution is -2.50. The minimum atomic E-state index is -1.19. The summed E-state index contributed by atoms with van der Waals surface area (Å²) >= 11 is 24.7. The summed E-state index contributed by atoms with van der Waals surface area (Å²) in [6.07, 6.45) is 4.80. The number of nitrogens with one attached hydrogen (secondary N) is 8. The predicted molar refractivity (Wildman–Crippen MR) is 359 cm³/mol. The van der Waals surface area contributed by atoms with Gasteiger partial charge in [-0.1, -0.05) is 46.4 Å². The SMILES string of the molecule is Cc1ccnc(NCCCCC(=O)N[C@@H](COCCOCCOCCOC(=O)NCCCCNC(=O)OCCOCCOCCOC[C@H](NC(=O)CCCCNc2cc(C)ccn2)C(=O)NC(CC(=O)O)c2cc(Cl)cc(Cl)c2)C(=O)NC(CC(=O)O)c2cc(Cl)cc(Cl)c2)c1. The molecule has 0 bridgehead atoms. The number of aryl methyl sites for hydroxylation is 2. The molecule has 6 amide bonds. The molecule has 96 heavy (non-hydrogen) atoms. The second-order valence-electron chi connectivity index (χ2n) is 21.6. The second-order valence-corrected chi connectivity index (χ2v) is 23.3. The molecule has 2 aromatic heterocycles. The highest BCUT2D eigenvalue weighted by Gasteiger charge is 2.28. The molecule has 4 rings (SSSR count). The zero-order chi connectivity index (χ0) is 69.7. The molecule has 0 spiro atoms. The number of pyridine rings is 2. The van der Waals surface area contributed by atoms with Crippen LogP contribution in [0.1, 0.15) is 98.5 Å². The Labute approximate surface area is 578 Å². The molecule has 2 unspecified atom stereocenters. The number of hydrogen-bond acceptors (Lipinski definition) is 20. The van der Waals surface area contributed by atoms with Gasteiger partial charge in [-0.25, -0.2) is 19.6 Å². The van der Waals surface area contributed by atoms with E-state index >= 15 is 0 Å². The number of carboxylic acids is 2. The maximum atomic E-state index is 13.6. The van der Waals surface area contributed by atoms with Crippen LogP contribution in [0.4, 0.5) is 21.2 Å². The number of benzene rings is 2. The maximum absolute atomic E-state index is 13.6. The van der Waals surface area contributed by atoms with E-state index in [9.17, 15) is 48.6 Å². The van der Waals surface area contributed by atoms with Gasteiger partial charge in [-0.3, -0.25) is 28.8 Å². The fourth-order valence-corrected chi connectivity index (χ4v) is 9.86. The average Bonchev–Trinajstić information content (AvgIpc) is 0.916. The number of aliphatic carboxylic acids is 2. The molecule has 32 heteroatoms. The van der Waals surface area contributed by atoms with Gasteiger partial charge in [-0.05, 0) is 135 Å². The smallest absolute Gasteiger partial charge is 0.407 e. The molecule has 0 fully saturated rings. The molecule has 0 saturated heterocycles. The van der Waals surface area contributed by atoms with Gasteiger partial charge in [0.15, 0.2) is 0 Å². The normalized spacial score (nSPS) is 12.3. The Hall–Kier alpha value is -7.38. The van der Waals surface area contributed by atoms with Crippen molar-refractivity contribution < 1.29 is 86.5 Å². The molecule has 0 saturated carbocycles. The number of carboxylic acid groups (broad SMARTS) is 2. The Kier molecular flexibility index (Phi) is 40.8. The van der Waals surface area contributed by atoms with E-state index in [1.54, 1.807) is 12.4 Å². The van der Waals surface area contributed by atoms with Gasteiger partial charge in [-0.2, -0.15) is 0 Å². The molecule has 2 aromatic carbocycles. The number of carbonyl (C=O) groups is 8. The van der Waals surface area contributed by atoms with Crippen LogP contribution in [-0.4, -0.2) is 199 Å². The summed E-state index contributed by atoms with van der Waals surface area (Å²) in [6.45, 7) is 6.38. The lowest BCUT2D eigenvalue weighted by atomic mass is 10.0. The van der Waals surface area contributed by atoms with Crippen molar-refractivity contribution in [2.45, 2.75) is 102 Å². The number of aromatic nitrogens is 2. The number of nitrogens with zero attached hydrogens (tertiary/aromatic N) is 2. The number of anilines is 2. The molecule has 0 radical (unpaired) electrons. The third-order valence-corrected chi connectivity index (χ3v) is 14.4. The summed E-state index contributed by atoms with van der Waals surface area (Å²) in [5, 5.41) is 42.7. The van der Waals surface area contributed by atoms with Crippen LogP contribution in [0.2, 0.25) is 20.1 Å². The number of amides is 6. The van der Waals surface area contributed by atoms with Crippen LogP contribution in [0.25, 0.3) is 0 Å². The van der Waals surface area contributed by atoms with Gasteiger partial charge in [0.1, 0.15) is 36.9 Å². The standard InChI is InChI=1S/C64H88Cl4N10O18/c1-43-11-17-71-55(31-43)69-13-5-3-9-57(79)75-53(61(85)77-51(39-59(81)82)45-33-47(65)37-48(66)34-45)41-93-25-23-89-19-21-91-27-29-95-63(87)73-15-7-8-16-74-64(88)96-30-28-92-22-20-90-24-26-94-42-54(76-58(80)10-4-6-14-70-56-32-44(2)12-18-72-56)62(86)78-52(40-60(83)84)46-35-49(67)38-50(68)36-46/h11-12,17-18,31-38,51-54H,3-10,13-16,19-30,39-42H2,1-2H3,(H,69,71)(H,70,72)(H,73,87)(H,74,88)(H,75,79)(H,76,80)(H,77,85)(H,78,86)(H,81,82)(H,83,84)/t51?,52?,53-,54-/m0/s1. The van der Waals surface area contributed by atoms with Crippen molar-refractivity contribution in [1.29, 1.82) is 0 Å². The van der Waals surface area contributed by atoms with Crippen molar-refractivity contribution in [2.75, 3.05) is 129 Å². The summed E-state index contributed by atoms with van der Waals surface area (Å²) in [4.78, 5) is 110. The molecule has 0 aliphatic carbocycles. The Morgan fingerprint density at radius 1 is 0.427 bits per heavy atom. The lowest BCUT2D eigenvalue weighted by molar-refractivity contribution is -0.139. The Morgan fingerprint density at radius 3 is 1.10 bits per heavy atom. The maximum Gasteiger partial charge on any atom is 0.407 e. The summed E-state index contributed by atoms with van der Waals surface area (Å²) in [5.41, 5.74) is 2.85. The molecule has 530 valence electrons. The summed E-state index contributed by atoms with van der Waals surface area (Å²) in [6, 6.07) is 12.1. The van der Waals surface area contributed by atoms with Crippen LogP contribution in [0.15, 0.2) is 73.1 Å². The Morgan fingerprint density at radius 2 is 0.760 bits per heavy atom. The number of alkyl carbamates (subject to hydrolysis) is 2. The van der Waals surface area contributed by atoms with Gasteiger partial charge in [0.05, 0.1) is 104 Å². The highest BCUT2D eigenvalue weighted by molar-refractivity contribution is 6.35. The van der Waals surface area contributed by atoms with Crippen LogP contribution in [0.3, 0.4) is 0 Å². The highest BCUT2D eigenvalue weighted by Crippen LogP contribution is 2.27. The van der Waals surface area contributed by atoms with Gasteiger partial charge in [0.2, 0.25) is 23.6 Å². The quantitative estimate of drug-likeness (QED) is 0.0191. The minimum Gasteiger partial charge on any atom is -0.481 e. The van der Waals surface area contributed by atoms with Crippen molar-refractivity contribution in [2.24, 2.45) is 0 Å². The van der Waals surface area contributed by atoms with Gasteiger partial charge in [0, 0.05) is 71.5 Å². The number of ether oxygens (including phenoxy) is 8. The molecular weight excluding hydrogens is 1340 g/mol. The fraction of sp³-hybridized carbons (Fsp3) is 0.531. The van der Waals surface area contributed by atoms with E-state index in [0.29, 0.717) is 75.8 Å². The van der Waals surface area contributed by atoms with Crippen LogP contribution in [0, 0.1) is 13.8 Å². The van der Waals surface area contributed by atoms with Crippen molar-refractivity contribution in [3.8, 4) is 0 Å². The summed E-state index contributed by atoms with van der Waals surface area (Å²) in [7, 11) is 0. The predicted octanol–water partition coefficient (Wildman–Crippen LogP) is 7.54. The fourth-order valence-electron chi connectivity index (χ4n) is 8.77. The minimum absolute atomic E-state index is 0.0184. The van der Waals surface area contributed by atoms with Crippen LogP contribution in [0.5, 0.6) is 0 Å². The van der Waals surface area contributed by atoms with E-state index in [4.69, 9.17) is 84.3 Å². The number of hydrogen-bond donors (Lipinski definition) is 10. The van der Waals surface area contributed by atoms with Gasteiger partial charge in [-0.15, -0.1) is 0 Å². The molecule has 28 nitrogen and oxygen atoms in total. The Bertz CT molecular complexity index is 2800. The van der Waals surface area contributed by atoms with Crippen LogP contribution < -0.4 is 42.5 Å². The summed E-state index contributed by atoms with van der Waals surface area (Å²) < 4.78 is 43.7. The van der Waals surface area contributed by atoms with E-state index in [1.807, 2.05) is 38.1 Å². The number of rotatable bonds is 51. The van der Waals surface area contributed by atoms with Gasteiger partial charge < -0.3 is 90.6 Å². The molecule has 10 N–H and O–H groups in total. The van der Waals surface area contributed by atoms with Crippen LogP contribution in [-0.2, 0) is 66.7 Å². The zero-order valence-corrected chi connectivity index (χ0v) is 56.9. The first-order valence-corrected chi connectivity index (χ1v) is 32.9. The van der Waals surface area contributed by atoms with E-state index in [1.165, 1.54) is 36.4 Å². The molecular formula is C64H88Cl4N10O18. The lowest BCUT2D eigenvalue weighted by Gasteiger charge is -2.23. The largest absolute Gasteiger partial charge is 0.481 e. The van der Waals surface area contributed by atoms with E-state index in [-0.39, 0.29) is 125 Å². The molecule has 0 aliphatic rings. The Balaban J connectivity index is 0.999. The third kappa shape index (κ3) is 37.8. The van der Waals surface area contributed by atoms with Crippen molar-refractivity contribution in [1.82, 2.24) is 41.9 Å². The summed E-state index contributed by atoms with van der Waals surface area (Å²) in [5.74, 6) is -3.07. The monoisotopic (exact) mass is 1420 g/mol. The second kappa shape index (κ2) is 48.3. The number of halogens is 4. The van der Waals surface area contributed by atoms with Gasteiger partial charge >= 0.3 is 24.1 Å². The first kappa shape index (κ1) is 81.1. The van der Waals surface area contributed by atoms with Crippen molar-refractivity contribution in [3.63, 3.8) is 0 Å².